The van der Waals surface area contributed by atoms with E-state index in [-0.39, 0.29) is 5.16 Å². The highest BCUT2D eigenvalue weighted by molar-refractivity contribution is 6.30. The zero-order valence-electron chi connectivity index (χ0n) is 4.41. The van der Waals surface area contributed by atoms with Crippen molar-refractivity contribution < 1.29 is 13.2 Å². The average Bonchev–Trinajstić information content (AvgIpc) is 2.11. The van der Waals surface area contributed by atoms with Gasteiger partial charge in [-0.2, -0.15) is 13.2 Å². The lowest BCUT2D eigenvalue weighted by Crippen LogP contribution is -2.27. The Morgan fingerprint density at radius 2 is 2.00 bits per heavy atom. The minimum Gasteiger partial charge on any atom is -0.219 e. The number of alkyl halides is 3. The monoisotopic (exact) mass is 168 g/mol. The Balaban J connectivity index is 2.73. The molecule has 2 nitrogen and oxygen atoms in total. The van der Waals surface area contributed by atoms with Gasteiger partial charge in [-0.1, -0.05) is 11.6 Å². The first kappa shape index (κ1) is 7.40. The summed E-state index contributed by atoms with van der Waals surface area (Å²) in [5.41, 5.74) is 0. The summed E-state index contributed by atoms with van der Waals surface area (Å²) in [6, 6.07) is 0. The summed E-state index contributed by atoms with van der Waals surface area (Å²) in [5, 5.41) is 2.43. The van der Waals surface area contributed by atoms with Gasteiger partial charge in [0.15, 0.2) is 5.16 Å². The molecule has 1 heterocycles. The van der Waals surface area contributed by atoms with Gasteiger partial charge >= 0.3 is 6.18 Å². The van der Waals surface area contributed by atoms with E-state index < -0.39 is 12.0 Å². The van der Waals surface area contributed by atoms with Crippen LogP contribution in [0, 0.1) is 6.20 Å². The molecule has 0 aromatic carbocycles. The number of hydrogen-bond acceptors (Lipinski definition) is 1. The van der Waals surface area contributed by atoms with Crippen LogP contribution in [-0.2, 0) is 0 Å². The van der Waals surface area contributed by atoms with Crippen LogP contribution in [0.25, 0.3) is 0 Å². The van der Waals surface area contributed by atoms with Gasteiger partial charge in [-0.25, -0.2) is 10.3 Å². The van der Waals surface area contributed by atoms with E-state index in [1.165, 1.54) is 0 Å². The topological polar surface area (TPSA) is 26.5 Å². The van der Waals surface area contributed by atoms with E-state index in [2.05, 4.69) is 10.3 Å². The molecule has 0 amide bonds. The second kappa shape index (κ2) is 2.16. The number of nitrogens with zero attached hydrogens (tertiary/aromatic N) is 2. The Bertz CT molecular complexity index is 205. The van der Waals surface area contributed by atoms with Crippen molar-refractivity contribution in [3.05, 3.63) is 11.4 Å². The first-order valence-corrected chi connectivity index (χ1v) is 2.53. The molecule has 6 heteroatoms. The van der Waals surface area contributed by atoms with Gasteiger partial charge in [0.05, 0.1) is 0 Å². The van der Waals surface area contributed by atoms with Gasteiger partial charge in [0, 0.05) is 0 Å². The van der Waals surface area contributed by atoms with Crippen LogP contribution in [0.4, 0.5) is 13.2 Å². The molecule has 0 aromatic rings. The first-order valence-electron chi connectivity index (χ1n) is 2.15. The number of aliphatic imine (C=N–C) groups is 1. The normalized spacial score (nSPS) is 18.0. The average molecular weight is 169 g/mol. The van der Waals surface area contributed by atoms with Crippen molar-refractivity contribution in [3.8, 4) is 0 Å². The quantitative estimate of drug-likeness (QED) is 0.489. The van der Waals surface area contributed by atoms with E-state index in [1.807, 2.05) is 6.20 Å². The second-order valence-corrected chi connectivity index (χ2v) is 1.81. The third-order valence-corrected chi connectivity index (χ3v) is 0.881. The molecule has 0 aromatic heterocycles. The van der Waals surface area contributed by atoms with Gasteiger partial charge in [-0.15, -0.1) is 0 Å². The summed E-state index contributed by atoms with van der Waals surface area (Å²) in [6.07, 6.45) is -2.66. The fourth-order valence-electron chi connectivity index (χ4n) is 0.369. The van der Waals surface area contributed by atoms with Crippen molar-refractivity contribution >= 4 is 17.4 Å². The van der Waals surface area contributed by atoms with E-state index in [0.717, 1.165) is 0 Å². The molecule has 0 aliphatic carbocycles. The number of halogens is 4. The Hall–Kier alpha value is -0.710. The lowest BCUT2D eigenvalue weighted by molar-refractivity contribution is -0.0611. The molecule has 0 unspecified atom stereocenters. The van der Waals surface area contributed by atoms with Gasteiger partial charge in [0.2, 0.25) is 5.84 Å². The number of rotatable bonds is 0. The van der Waals surface area contributed by atoms with Gasteiger partial charge < -0.3 is 0 Å². The van der Waals surface area contributed by atoms with Crippen molar-refractivity contribution in [1.82, 2.24) is 5.32 Å². The van der Waals surface area contributed by atoms with E-state index in [0.29, 0.717) is 0 Å². The van der Waals surface area contributed by atoms with Crippen molar-refractivity contribution in [1.29, 1.82) is 0 Å². The summed E-state index contributed by atoms with van der Waals surface area (Å²) in [5.74, 6) is -1.25. The van der Waals surface area contributed by atoms with Crippen molar-refractivity contribution in [2.24, 2.45) is 4.99 Å². The van der Waals surface area contributed by atoms with Gasteiger partial charge in [-0.05, 0) is 0 Å². The fourth-order valence-corrected chi connectivity index (χ4v) is 0.491. The maximum absolute atomic E-state index is 11.6. The minimum atomic E-state index is -4.52. The number of amidine groups is 1. The molecule has 0 atom stereocenters. The molecule has 1 rings (SSSR count). The van der Waals surface area contributed by atoms with E-state index in [1.54, 1.807) is 0 Å². The molecule has 2 radical (unpaired) electrons. The third-order valence-electron chi connectivity index (χ3n) is 0.712. The van der Waals surface area contributed by atoms with Crippen LogP contribution in [0.15, 0.2) is 10.1 Å². The Morgan fingerprint density at radius 3 is 2.20 bits per heavy atom. The third kappa shape index (κ3) is 1.41. The molecule has 0 spiro atoms. The molecule has 1 aliphatic rings. The first-order chi connectivity index (χ1) is 4.50. The lowest BCUT2D eigenvalue weighted by atomic mass is 10.6. The van der Waals surface area contributed by atoms with Crippen molar-refractivity contribution in [2.45, 2.75) is 6.18 Å². The SMILES string of the molecule is FC(F)(F)C1=NC(Cl)=[C][N]1. The maximum atomic E-state index is 11.6. The highest BCUT2D eigenvalue weighted by Crippen LogP contribution is 2.21. The van der Waals surface area contributed by atoms with Crippen LogP contribution in [-0.4, -0.2) is 12.0 Å². The van der Waals surface area contributed by atoms with Gasteiger partial charge in [0.1, 0.15) is 6.20 Å². The second-order valence-electron chi connectivity index (χ2n) is 1.45. The Labute approximate surface area is 59.4 Å². The van der Waals surface area contributed by atoms with Gasteiger partial charge in [0.25, 0.3) is 0 Å². The van der Waals surface area contributed by atoms with E-state index in [4.69, 9.17) is 11.6 Å². The van der Waals surface area contributed by atoms with E-state index >= 15 is 0 Å². The summed E-state index contributed by atoms with van der Waals surface area (Å²) in [6.45, 7) is 0. The summed E-state index contributed by atoms with van der Waals surface area (Å²) < 4.78 is 34.8. The van der Waals surface area contributed by atoms with Gasteiger partial charge in [-0.3, -0.25) is 0 Å². The molecular weight excluding hydrogens is 169 g/mol. The molecular formula is C4ClF3N2. The van der Waals surface area contributed by atoms with Crippen LogP contribution in [0.5, 0.6) is 0 Å². The zero-order chi connectivity index (χ0) is 7.78. The molecule has 0 saturated carbocycles. The van der Waals surface area contributed by atoms with Crippen LogP contribution in [0.2, 0.25) is 0 Å². The van der Waals surface area contributed by atoms with E-state index in [9.17, 15) is 13.2 Å². The molecule has 0 saturated heterocycles. The Kier molecular flexibility index (Phi) is 1.60. The van der Waals surface area contributed by atoms with Crippen molar-refractivity contribution in [3.63, 3.8) is 0 Å². The summed E-state index contributed by atoms with van der Waals surface area (Å²) >= 11 is 5.04. The molecule has 54 valence electrons. The largest absolute Gasteiger partial charge is 0.451 e. The predicted octanol–water partition coefficient (Wildman–Crippen LogP) is 1.41. The maximum Gasteiger partial charge on any atom is 0.451 e. The molecule has 0 bridgehead atoms. The lowest BCUT2D eigenvalue weighted by Gasteiger charge is -2.01. The summed E-state index contributed by atoms with van der Waals surface area (Å²) in [4.78, 5) is 2.86. The molecule has 0 fully saturated rings. The van der Waals surface area contributed by atoms with Crippen LogP contribution < -0.4 is 5.32 Å². The van der Waals surface area contributed by atoms with Crippen LogP contribution in [0.3, 0.4) is 0 Å². The van der Waals surface area contributed by atoms with Crippen LogP contribution in [0.1, 0.15) is 0 Å². The molecule has 0 N–H and O–H groups in total. The fraction of sp³-hybridized carbons (Fsp3) is 0.250. The predicted molar refractivity (Wildman–Crippen MR) is 28.2 cm³/mol. The highest BCUT2D eigenvalue weighted by Gasteiger charge is 2.38. The summed E-state index contributed by atoms with van der Waals surface area (Å²) in [7, 11) is 0. The number of hydrogen-bond donors (Lipinski definition) is 0. The molecule has 10 heavy (non-hydrogen) atoms. The zero-order valence-corrected chi connectivity index (χ0v) is 5.16. The molecule has 1 aliphatic heterocycles. The van der Waals surface area contributed by atoms with Crippen LogP contribution >= 0.6 is 11.6 Å². The smallest absolute Gasteiger partial charge is 0.219 e. The standard InChI is InChI=1S/C4ClF3N2/c5-2-1-9-3(10-2)4(6,7)8. The van der Waals surface area contributed by atoms with Crippen molar-refractivity contribution in [2.75, 3.05) is 0 Å². The highest BCUT2D eigenvalue weighted by atomic mass is 35.5. The Morgan fingerprint density at radius 1 is 1.40 bits per heavy atom. The minimum absolute atomic E-state index is 0.368.